The van der Waals surface area contributed by atoms with Gasteiger partial charge in [0.05, 0.1) is 13.4 Å². The molecular weight excluding hydrogens is 352 g/mol. The third-order valence-corrected chi connectivity index (χ3v) is 5.85. The van der Waals surface area contributed by atoms with Crippen molar-refractivity contribution in [2.75, 3.05) is 7.11 Å². The lowest BCUT2D eigenvalue weighted by Crippen LogP contribution is -2.11. The van der Waals surface area contributed by atoms with Gasteiger partial charge >= 0.3 is 5.97 Å². The first-order valence-electron chi connectivity index (χ1n) is 10.5. The van der Waals surface area contributed by atoms with Gasteiger partial charge in [0, 0.05) is 0 Å². The Morgan fingerprint density at radius 2 is 1.96 bits per heavy atom. The Hall–Kier alpha value is -2.23. The van der Waals surface area contributed by atoms with E-state index in [0.717, 1.165) is 24.0 Å². The lowest BCUT2D eigenvalue weighted by Gasteiger charge is -2.24. The summed E-state index contributed by atoms with van der Waals surface area (Å²) in [5.41, 5.74) is 1.63. The summed E-state index contributed by atoms with van der Waals surface area (Å²) < 4.78 is 16.2. The van der Waals surface area contributed by atoms with Gasteiger partial charge in [-0.3, -0.25) is 0 Å². The molecule has 1 aromatic carbocycles. The monoisotopic (exact) mass is 384 g/mol. The molecule has 0 radical (unpaired) electrons. The molecule has 0 bridgehead atoms. The first-order chi connectivity index (χ1) is 13.7. The van der Waals surface area contributed by atoms with Crippen molar-refractivity contribution in [1.29, 1.82) is 0 Å². The number of hydrogen-bond acceptors (Lipinski definition) is 4. The number of benzene rings is 1. The molecule has 0 saturated heterocycles. The Balaban J connectivity index is 1.54. The molecule has 3 rings (SSSR count). The molecule has 1 aromatic heterocycles. The number of para-hydroxylation sites is 1. The largest absolute Gasteiger partial charge is 0.485 e. The average molecular weight is 385 g/mol. The maximum absolute atomic E-state index is 11.8. The lowest BCUT2D eigenvalue weighted by atomic mass is 9.82. The molecule has 0 amide bonds. The highest BCUT2D eigenvalue weighted by Gasteiger charge is 2.18. The first-order valence-corrected chi connectivity index (χ1v) is 10.5. The fourth-order valence-corrected chi connectivity index (χ4v) is 4.25. The van der Waals surface area contributed by atoms with Gasteiger partial charge in [-0.2, -0.15) is 0 Å². The van der Waals surface area contributed by atoms with E-state index in [0.29, 0.717) is 11.3 Å². The van der Waals surface area contributed by atoms with Crippen LogP contribution in [-0.4, -0.2) is 13.1 Å². The van der Waals surface area contributed by atoms with Crippen LogP contribution in [0, 0.1) is 11.8 Å². The first kappa shape index (κ1) is 20.5. The molecule has 152 valence electrons. The van der Waals surface area contributed by atoms with Gasteiger partial charge in [-0.15, -0.1) is 0 Å². The molecule has 28 heavy (non-hydrogen) atoms. The summed E-state index contributed by atoms with van der Waals surface area (Å²) in [6.07, 6.45) is 12.1. The Kier molecular flexibility index (Phi) is 7.58. The Bertz CT molecular complexity index is 743. The molecule has 1 atom stereocenters. The van der Waals surface area contributed by atoms with Gasteiger partial charge in [-0.25, -0.2) is 4.79 Å². The van der Waals surface area contributed by atoms with Crippen molar-refractivity contribution in [2.24, 2.45) is 11.8 Å². The Morgan fingerprint density at radius 3 is 2.75 bits per heavy atom. The number of methoxy groups -OCH3 is 1. The summed E-state index contributed by atoms with van der Waals surface area (Å²) in [5.74, 6) is 2.60. The minimum Gasteiger partial charge on any atom is -0.485 e. The van der Waals surface area contributed by atoms with Crippen molar-refractivity contribution in [3.63, 3.8) is 0 Å². The van der Waals surface area contributed by atoms with Crippen molar-refractivity contribution in [2.45, 2.75) is 64.9 Å². The van der Waals surface area contributed by atoms with Crippen LogP contribution in [-0.2, 0) is 17.8 Å². The summed E-state index contributed by atoms with van der Waals surface area (Å²) >= 11 is 0. The van der Waals surface area contributed by atoms with Gasteiger partial charge < -0.3 is 13.9 Å². The van der Waals surface area contributed by atoms with Crippen molar-refractivity contribution >= 4 is 5.97 Å². The second-order valence-corrected chi connectivity index (χ2v) is 8.03. The van der Waals surface area contributed by atoms with Crippen molar-refractivity contribution in [3.8, 4) is 5.75 Å². The number of carbonyl (C=O) groups excluding carboxylic acids is 1. The second kappa shape index (κ2) is 10.4. The van der Waals surface area contributed by atoms with Gasteiger partial charge in [0.2, 0.25) is 0 Å². The number of carbonyl (C=O) groups is 1. The quantitative estimate of drug-likeness (QED) is 0.484. The number of rotatable bonds is 9. The maximum atomic E-state index is 11.8. The van der Waals surface area contributed by atoms with Gasteiger partial charge in [0.1, 0.15) is 17.9 Å². The summed E-state index contributed by atoms with van der Waals surface area (Å²) in [5, 5.41) is 0. The summed E-state index contributed by atoms with van der Waals surface area (Å²) in [6, 6.07) is 9.77. The van der Waals surface area contributed by atoms with E-state index in [4.69, 9.17) is 13.9 Å². The maximum Gasteiger partial charge on any atom is 0.341 e. The van der Waals surface area contributed by atoms with Crippen LogP contribution in [0.5, 0.6) is 5.75 Å². The predicted octanol–water partition coefficient (Wildman–Crippen LogP) is 6.18. The molecule has 1 heterocycles. The standard InChI is InChI=1S/C24H32O4/c1-18(16-19-8-4-3-5-9-19)12-13-20-10-6-7-11-22(20)28-17-23-21(14-15-27-23)24(25)26-2/h6-7,10-11,14-15,18-19H,3-5,8-9,12-13,16-17H2,1-2H3. The van der Waals surface area contributed by atoms with Crippen LogP contribution in [0.2, 0.25) is 0 Å². The molecule has 0 aliphatic heterocycles. The highest BCUT2D eigenvalue weighted by atomic mass is 16.5. The number of furan rings is 1. The molecule has 1 saturated carbocycles. The van der Waals surface area contributed by atoms with Gasteiger partial charge in [0.15, 0.2) is 5.76 Å². The fraction of sp³-hybridized carbons (Fsp3) is 0.542. The van der Waals surface area contributed by atoms with Gasteiger partial charge in [-0.05, 0) is 48.8 Å². The molecule has 0 N–H and O–H groups in total. The Labute approximate surface area is 168 Å². The van der Waals surface area contributed by atoms with Crippen LogP contribution >= 0.6 is 0 Å². The number of aryl methyl sites for hydroxylation is 1. The van der Waals surface area contributed by atoms with Crippen LogP contribution < -0.4 is 4.74 Å². The van der Waals surface area contributed by atoms with E-state index in [1.807, 2.05) is 12.1 Å². The molecule has 1 fully saturated rings. The van der Waals surface area contributed by atoms with E-state index < -0.39 is 5.97 Å². The van der Waals surface area contributed by atoms with E-state index >= 15 is 0 Å². The minimum absolute atomic E-state index is 0.214. The molecular formula is C24H32O4. The average Bonchev–Trinajstić information content (AvgIpc) is 3.20. The fourth-order valence-electron chi connectivity index (χ4n) is 4.25. The second-order valence-electron chi connectivity index (χ2n) is 8.03. The van der Waals surface area contributed by atoms with Crippen molar-refractivity contribution in [3.05, 3.63) is 53.5 Å². The molecule has 4 nitrogen and oxygen atoms in total. The van der Waals surface area contributed by atoms with E-state index in [1.54, 1.807) is 6.07 Å². The smallest absolute Gasteiger partial charge is 0.341 e. The zero-order chi connectivity index (χ0) is 19.8. The van der Waals surface area contributed by atoms with E-state index in [1.165, 1.54) is 63.9 Å². The van der Waals surface area contributed by atoms with Crippen LogP contribution in [0.25, 0.3) is 0 Å². The molecule has 4 heteroatoms. The van der Waals surface area contributed by atoms with Crippen LogP contribution in [0.15, 0.2) is 41.0 Å². The topological polar surface area (TPSA) is 48.7 Å². The minimum atomic E-state index is -0.405. The molecule has 1 unspecified atom stereocenters. The van der Waals surface area contributed by atoms with E-state index in [-0.39, 0.29) is 6.61 Å². The van der Waals surface area contributed by atoms with Crippen LogP contribution in [0.1, 0.15) is 73.6 Å². The highest BCUT2D eigenvalue weighted by Crippen LogP contribution is 2.31. The lowest BCUT2D eigenvalue weighted by molar-refractivity contribution is 0.0595. The molecule has 2 aromatic rings. The number of esters is 1. The number of ether oxygens (including phenoxy) is 2. The summed E-state index contributed by atoms with van der Waals surface area (Å²) in [4.78, 5) is 11.8. The Morgan fingerprint density at radius 1 is 1.18 bits per heavy atom. The van der Waals surface area contributed by atoms with Crippen LogP contribution in [0.4, 0.5) is 0 Å². The van der Waals surface area contributed by atoms with Gasteiger partial charge in [-0.1, -0.05) is 57.2 Å². The van der Waals surface area contributed by atoms with E-state index in [9.17, 15) is 4.79 Å². The van der Waals surface area contributed by atoms with Crippen molar-refractivity contribution in [1.82, 2.24) is 0 Å². The summed E-state index contributed by atoms with van der Waals surface area (Å²) in [7, 11) is 1.36. The van der Waals surface area contributed by atoms with Crippen molar-refractivity contribution < 1.29 is 18.7 Å². The summed E-state index contributed by atoms with van der Waals surface area (Å²) in [6.45, 7) is 2.59. The highest BCUT2D eigenvalue weighted by molar-refractivity contribution is 5.90. The normalized spacial score (nSPS) is 15.9. The zero-order valence-corrected chi connectivity index (χ0v) is 17.1. The molecule has 1 aliphatic rings. The molecule has 0 spiro atoms. The predicted molar refractivity (Wildman–Crippen MR) is 109 cm³/mol. The SMILES string of the molecule is COC(=O)c1ccoc1COc1ccccc1CCC(C)CC1CCCCC1. The van der Waals surface area contributed by atoms with Crippen LogP contribution in [0.3, 0.4) is 0 Å². The third-order valence-electron chi connectivity index (χ3n) is 5.85. The van der Waals surface area contributed by atoms with Gasteiger partial charge in [0.25, 0.3) is 0 Å². The third kappa shape index (κ3) is 5.63. The van der Waals surface area contributed by atoms with E-state index in [2.05, 4.69) is 19.1 Å². The molecule has 1 aliphatic carbocycles. The zero-order valence-electron chi connectivity index (χ0n) is 17.1. The number of hydrogen-bond donors (Lipinski definition) is 0.